The van der Waals surface area contributed by atoms with Crippen LogP contribution >= 0.6 is 0 Å². The number of aryl methyl sites for hydroxylation is 1. The maximum Gasteiger partial charge on any atom is 0.314 e. The number of carbonyl (C=O) groups is 1. The molecule has 3 saturated heterocycles. The maximum atomic E-state index is 13.2. The highest BCUT2D eigenvalue weighted by molar-refractivity contribution is 5.73. The summed E-state index contributed by atoms with van der Waals surface area (Å²) in [5, 5.41) is 10.5. The van der Waals surface area contributed by atoms with Crippen LogP contribution in [-0.2, 0) is 7.05 Å². The molecule has 2 N–H and O–H groups in total. The third kappa shape index (κ3) is 3.76. The molecule has 0 aliphatic carbocycles. The van der Waals surface area contributed by atoms with E-state index in [1.54, 1.807) is 12.1 Å². The van der Waals surface area contributed by atoms with Crippen molar-refractivity contribution in [1.82, 2.24) is 25.3 Å². The highest BCUT2D eigenvalue weighted by atomic mass is 19.1. The van der Waals surface area contributed by atoms with Crippen molar-refractivity contribution < 1.29 is 9.18 Å². The van der Waals surface area contributed by atoms with Gasteiger partial charge in [0, 0.05) is 49.9 Å². The molecule has 2 amide bonds. The number of aromatic nitrogens is 2. The Morgan fingerprint density at radius 1 is 1.29 bits per heavy atom. The van der Waals surface area contributed by atoms with Gasteiger partial charge in [0.15, 0.2) is 0 Å². The minimum absolute atomic E-state index is 0.0859. The molecule has 28 heavy (non-hydrogen) atoms. The van der Waals surface area contributed by atoms with E-state index in [1.807, 2.05) is 18.7 Å². The molecule has 2 bridgehead atoms. The molecule has 5 rings (SSSR count). The zero-order valence-electron chi connectivity index (χ0n) is 16.5. The Morgan fingerprint density at radius 2 is 2.07 bits per heavy atom. The van der Waals surface area contributed by atoms with E-state index in [1.165, 1.54) is 24.2 Å². The van der Waals surface area contributed by atoms with E-state index in [0.29, 0.717) is 31.0 Å². The number of urea groups is 1. The van der Waals surface area contributed by atoms with Crippen molar-refractivity contribution in [3.63, 3.8) is 0 Å². The van der Waals surface area contributed by atoms with Gasteiger partial charge in [0.05, 0.1) is 5.69 Å². The largest absolute Gasteiger partial charge is 0.338 e. The van der Waals surface area contributed by atoms with E-state index in [9.17, 15) is 9.18 Å². The number of rotatable bonds is 5. The van der Waals surface area contributed by atoms with E-state index in [-0.39, 0.29) is 11.8 Å². The van der Waals surface area contributed by atoms with Crippen molar-refractivity contribution in [1.29, 1.82) is 0 Å². The number of hydrogen-bond donors (Lipinski definition) is 2. The van der Waals surface area contributed by atoms with Gasteiger partial charge < -0.3 is 10.6 Å². The third-order valence-corrected chi connectivity index (χ3v) is 6.15. The number of amides is 2. The van der Waals surface area contributed by atoms with E-state index in [0.717, 1.165) is 30.8 Å². The van der Waals surface area contributed by atoms with Crippen LogP contribution < -0.4 is 10.6 Å². The first-order valence-corrected chi connectivity index (χ1v) is 10.1. The van der Waals surface area contributed by atoms with E-state index < -0.39 is 0 Å². The highest BCUT2D eigenvalue weighted by Gasteiger charge is 2.41. The van der Waals surface area contributed by atoms with Crippen molar-refractivity contribution in [2.75, 3.05) is 26.2 Å². The molecular formula is C21H28FN5O. The Labute approximate surface area is 165 Å². The first-order valence-electron chi connectivity index (χ1n) is 10.1. The van der Waals surface area contributed by atoms with Gasteiger partial charge in [-0.15, -0.1) is 0 Å². The molecule has 7 heteroatoms. The van der Waals surface area contributed by atoms with Gasteiger partial charge in [-0.1, -0.05) is 0 Å². The molecule has 0 saturated carbocycles. The first-order chi connectivity index (χ1) is 13.5. The fourth-order valence-corrected chi connectivity index (χ4v) is 4.71. The number of benzene rings is 1. The van der Waals surface area contributed by atoms with Gasteiger partial charge in [-0.3, -0.25) is 9.58 Å². The van der Waals surface area contributed by atoms with E-state index in [2.05, 4.69) is 26.7 Å². The van der Waals surface area contributed by atoms with E-state index >= 15 is 0 Å². The summed E-state index contributed by atoms with van der Waals surface area (Å²) in [4.78, 5) is 14.2. The van der Waals surface area contributed by atoms with Crippen molar-refractivity contribution in [2.45, 2.75) is 31.7 Å². The van der Waals surface area contributed by atoms with Crippen LogP contribution in [-0.4, -0.2) is 52.9 Å². The molecule has 6 nitrogen and oxygen atoms in total. The summed E-state index contributed by atoms with van der Waals surface area (Å²) in [5.74, 6) is 0.813. The van der Waals surface area contributed by atoms with Crippen LogP contribution in [0.5, 0.6) is 0 Å². The van der Waals surface area contributed by atoms with Crippen LogP contribution in [0, 0.1) is 11.7 Å². The second kappa shape index (κ2) is 7.91. The zero-order valence-corrected chi connectivity index (χ0v) is 16.5. The van der Waals surface area contributed by atoms with E-state index in [4.69, 9.17) is 0 Å². The molecule has 1 unspecified atom stereocenters. The lowest BCUT2D eigenvalue weighted by Gasteiger charge is -2.49. The molecule has 4 atom stereocenters. The fraction of sp³-hybridized carbons (Fsp3) is 0.524. The molecule has 1 aromatic carbocycles. The van der Waals surface area contributed by atoms with Crippen molar-refractivity contribution >= 4 is 6.03 Å². The number of hydrogen-bond acceptors (Lipinski definition) is 3. The second-order valence-electron chi connectivity index (χ2n) is 7.87. The van der Waals surface area contributed by atoms with Crippen LogP contribution in [0.1, 0.15) is 31.4 Å². The summed E-state index contributed by atoms with van der Waals surface area (Å²) in [7, 11) is 1.99. The molecule has 1 aromatic heterocycles. The smallest absolute Gasteiger partial charge is 0.314 e. The summed E-state index contributed by atoms with van der Waals surface area (Å²) in [6.45, 7) is 5.34. The maximum absolute atomic E-state index is 13.2. The van der Waals surface area contributed by atoms with Gasteiger partial charge in [-0.25, -0.2) is 9.18 Å². The van der Waals surface area contributed by atoms with Gasteiger partial charge in [0.1, 0.15) is 5.82 Å². The summed E-state index contributed by atoms with van der Waals surface area (Å²) >= 11 is 0. The van der Waals surface area contributed by atoms with Gasteiger partial charge in [0.25, 0.3) is 0 Å². The minimum atomic E-state index is -0.232. The lowest BCUT2D eigenvalue weighted by atomic mass is 9.74. The predicted molar refractivity (Wildman–Crippen MR) is 107 cm³/mol. The summed E-state index contributed by atoms with van der Waals surface area (Å²) in [6, 6.07) is 8.98. The molecule has 3 aliphatic heterocycles. The number of carbonyl (C=O) groups excluding carboxylic acids is 1. The van der Waals surface area contributed by atoms with Crippen LogP contribution in [0.2, 0.25) is 0 Å². The zero-order chi connectivity index (χ0) is 19.7. The molecule has 2 aromatic rings. The fourth-order valence-electron chi connectivity index (χ4n) is 4.71. The first kappa shape index (κ1) is 18.9. The minimum Gasteiger partial charge on any atom is -0.338 e. The average Bonchev–Trinajstić information content (AvgIpc) is 3.09. The summed E-state index contributed by atoms with van der Waals surface area (Å²) in [6.07, 6.45) is 2.27. The average molecular weight is 385 g/mol. The molecule has 4 heterocycles. The Kier molecular flexibility index (Phi) is 5.35. The number of nitrogens with zero attached hydrogens (tertiary/aromatic N) is 3. The predicted octanol–water partition coefficient (Wildman–Crippen LogP) is 2.72. The Bertz CT molecular complexity index is 834. The molecular weight excluding hydrogens is 357 g/mol. The van der Waals surface area contributed by atoms with Crippen LogP contribution in [0.4, 0.5) is 9.18 Å². The monoisotopic (exact) mass is 385 g/mol. The number of piperidine rings is 3. The number of fused-ring (bicyclic) bond motifs is 3. The Balaban J connectivity index is 1.45. The highest BCUT2D eigenvalue weighted by Crippen LogP contribution is 2.42. The lowest BCUT2D eigenvalue weighted by Crippen LogP contribution is -2.56. The van der Waals surface area contributed by atoms with Crippen LogP contribution in [0.3, 0.4) is 0 Å². The number of halogens is 1. The van der Waals surface area contributed by atoms with Crippen molar-refractivity contribution in [3.05, 3.63) is 41.8 Å². The topological polar surface area (TPSA) is 62.2 Å². The molecule has 0 spiro atoms. The van der Waals surface area contributed by atoms with Gasteiger partial charge in [-0.05, 0) is 62.6 Å². The number of nitrogens with one attached hydrogen (secondary N) is 2. The standard InChI is InChI=1S/C21H28FN5O/c1-3-23-21(28)24-12-17-10-15-8-9-27(17)13-18(15)20-11-19(25-26(20)2)14-4-6-16(22)7-5-14/h4-7,11,15,17-18H,3,8-10,12-13H2,1-2H3,(H2,23,24,28)/t15-,17-,18+/m1/s1. The second-order valence-corrected chi connectivity index (χ2v) is 7.87. The summed E-state index contributed by atoms with van der Waals surface area (Å²) in [5.41, 5.74) is 3.07. The quantitative estimate of drug-likeness (QED) is 0.832. The Hall–Kier alpha value is -2.41. The van der Waals surface area contributed by atoms with Crippen LogP contribution in [0.25, 0.3) is 11.3 Å². The van der Waals surface area contributed by atoms with Crippen molar-refractivity contribution in [3.8, 4) is 11.3 Å². The SMILES string of the molecule is CCNC(=O)NC[C@H]1C[C@H]2CCN1C[C@@H]2c1cc(-c2ccc(F)cc2)nn1C. The molecule has 3 fully saturated rings. The normalized spacial score (nSPS) is 26.2. The van der Waals surface area contributed by atoms with Gasteiger partial charge >= 0.3 is 6.03 Å². The van der Waals surface area contributed by atoms with Gasteiger partial charge in [0.2, 0.25) is 0 Å². The molecule has 150 valence electrons. The Morgan fingerprint density at radius 3 is 2.75 bits per heavy atom. The van der Waals surface area contributed by atoms with Crippen LogP contribution in [0.15, 0.2) is 30.3 Å². The van der Waals surface area contributed by atoms with Gasteiger partial charge in [-0.2, -0.15) is 5.10 Å². The lowest BCUT2D eigenvalue weighted by molar-refractivity contribution is 0.0294. The third-order valence-electron chi connectivity index (χ3n) is 6.15. The molecule has 3 aliphatic rings. The van der Waals surface area contributed by atoms with Crippen molar-refractivity contribution in [2.24, 2.45) is 13.0 Å². The summed E-state index contributed by atoms with van der Waals surface area (Å²) < 4.78 is 15.2. The molecule has 0 radical (unpaired) electrons.